The number of nitro benzene ring substituents is 1. The molecule has 2 aromatic rings. The lowest BCUT2D eigenvalue weighted by atomic mass is 10.1. The predicted molar refractivity (Wildman–Crippen MR) is 113 cm³/mol. The van der Waals surface area contributed by atoms with Crippen LogP contribution in [-0.4, -0.2) is 50.3 Å². The molecule has 0 saturated carbocycles. The van der Waals surface area contributed by atoms with E-state index in [1.165, 1.54) is 12.1 Å². The van der Waals surface area contributed by atoms with Crippen LogP contribution >= 0.6 is 0 Å². The van der Waals surface area contributed by atoms with Crippen LogP contribution < -0.4 is 19.7 Å². The van der Waals surface area contributed by atoms with Crippen LogP contribution in [0.5, 0.6) is 11.5 Å². The van der Waals surface area contributed by atoms with Gasteiger partial charge in [0.25, 0.3) is 11.6 Å². The second-order valence-electron chi connectivity index (χ2n) is 6.57. The zero-order valence-electron chi connectivity index (χ0n) is 17.1. The molecule has 0 spiro atoms. The summed E-state index contributed by atoms with van der Waals surface area (Å²) in [6.45, 7) is 6.84. The molecule has 1 saturated heterocycles. The smallest absolute Gasteiger partial charge is 0.271 e. The molecular formula is C21H25N3O6. The van der Waals surface area contributed by atoms with Crippen molar-refractivity contribution in [3.8, 4) is 11.5 Å². The van der Waals surface area contributed by atoms with Crippen LogP contribution in [-0.2, 0) is 4.74 Å². The minimum atomic E-state index is -0.449. The number of rotatable bonds is 8. The number of amides is 1. The number of nitro groups is 1. The second-order valence-corrected chi connectivity index (χ2v) is 6.57. The first-order valence-electron chi connectivity index (χ1n) is 9.85. The number of nitrogens with zero attached hydrogens (tertiary/aromatic N) is 2. The van der Waals surface area contributed by atoms with Crippen LogP contribution in [0, 0.1) is 10.1 Å². The number of ether oxygens (including phenoxy) is 3. The predicted octanol–water partition coefficient (Wildman–Crippen LogP) is 3.48. The molecule has 1 N–H and O–H groups in total. The van der Waals surface area contributed by atoms with E-state index < -0.39 is 4.92 Å². The Bertz CT molecular complexity index is 887. The first-order valence-corrected chi connectivity index (χ1v) is 9.85. The summed E-state index contributed by atoms with van der Waals surface area (Å²) in [5, 5.41) is 14.1. The molecule has 0 aliphatic carbocycles. The van der Waals surface area contributed by atoms with Crippen LogP contribution in [0.15, 0.2) is 36.4 Å². The summed E-state index contributed by atoms with van der Waals surface area (Å²) in [6.07, 6.45) is 0. The summed E-state index contributed by atoms with van der Waals surface area (Å²) >= 11 is 0. The van der Waals surface area contributed by atoms with Gasteiger partial charge >= 0.3 is 0 Å². The van der Waals surface area contributed by atoms with Crippen LogP contribution in [0.4, 0.5) is 17.1 Å². The van der Waals surface area contributed by atoms with E-state index in [4.69, 9.17) is 14.2 Å². The molecule has 1 aliphatic heterocycles. The number of nitrogens with one attached hydrogen (secondary N) is 1. The van der Waals surface area contributed by atoms with E-state index in [-0.39, 0.29) is 11.6 Å². The van der Waals surface area contributed by atoms with Crippen LogP contribution in [0.1, 0.15) is 24.2 Å². The van der Waals surface area contributed by atoms with Gasteiger partial charge in [-0.3, -0.25) is 14.9 Å². The van der Waals surface area contributed by atoms with Gasteiger partial charge in [-0.1, -0.05) is 0 Å². The topological polar surface area (TPSA) is 103 Å². The molecule has 1 aliphatic rings. The molecule has 9 nitrogen and oxygen atoms in total. The summed E-state index contributed by atoms with van der Waals surface area (Å²) in [5.41, 5.74) is 1.42. The molecular weight excluding hydrogens is 390 g/mol. The lowest BCUT2D eigenvalue weighted by molar-refractivity contribution is -0.384. The van der Waals surface area contributed by atoms with Crippen molar-refractivity contribution in [1.29, 1.82) is 0 Å². The van der Waals surface area contributed by atoms with Crippen molar-refractivity contribution in [2.24, 2.45) is 0 Å². The van der Waals surface area contributed by atoms with Gasteiger partial charge in [-0.05, 0) is 32.0 Å². The number of carbonyl (C=O) groups excluding carboxylic acids is 1. The number of anilines is 2. The van der Waals surface area contributed by atoms with E-state index in [2.05, 4.69) is 5.32 Å². The van der Waals surface area contributed by atoms with Gasteiger partial charge in [0.1, 0.15) is 11.5 Å². The molecule has 30 heavy (non-hydrogen) atoms. The Morgan fingerprint density at radius 2 is 1.73 bits per heavy atom. The van der Waals surface area contributed by atoms with Crippen LogP contribution in [0.3, 0.4) is 0 Å². The molecule has 9 heteroatoms. The highest BCUT2D eigenvalue weighted by molar-refractivity contribution is 6.06. The van der Waals surface area contributed by atoms with E-state index in [1.807, 2.05) is 18.7 Å². The molecule has 1 fully saturated rings. The van der Waals surface area contributed by atoms with Crippen molar-refractivity contribution >= 4 is 23.0 Å². The molecule has 160 valence electrons. The van der Waals surface area contributed by atoms with E-state index in [1.54, 1.807) is 24.3 Å². The van der Waals surface area contributed by atoms with Gasteiger partial charge in [-0.2, -0.15) is 0 Å². The molecule has 0 bridgehead atoms. The first-order chi connectivity index (χ1) is 14.5. The third-order valence-corrected chi connectivity index (χ3v) is 4.56. The fourth-order valence-corrected chi connectivity index (χ4v) is 3.20. The Hall–Kier alpha value is -3.33. The maximum atomic E-state index is 13.0. The quantitative estimate of drug-likeness (QED) is 0.520. The van der Waals surface area contributed by atoms with Crippen molar-refractivity contribution in [3.05, 3.63) is 52.1 Å². The monoisotopic (exact) mass is 415 g/mol. The Balaban J connectivity index is 1.91. The number of benzene rings is 2. The Labute approximate surface area is 174 Å². The van der Waals surface area contributed by atoms with E-state index >= 15 is 0 Å². The number of hydrogen-bond acceptors (Lipinski definition) is 7. The SMILES string of the molecule is CCOc1cc(OCC)cc(C(=O)Nc2ccc([N+](=O)[O-])cc2N2CCOCC2)c1. The largest absolute Gasteiger partial charge is 0.494 e. The average Bonchev–Trinajstić information content (AvgIpc) is 2.75. The highest BCUT2D eigenvalue weighted by Crippen LogP contribution is 2.32. The standard InChI is InChI=1S/C21H25N3O6/c1-3-29-17-11-15(12-18(14-17)30-4-2)21(25)22-19-6-5-16(24(26)27)13-20(19)23-7-9-28-10-8-23/h5-6,11-14H,3-4,7-10H2,1-2H3,(H,22,25). The van der Waals surface area contributed by atoms with Crippen LogP contribution in [0.25, 0.3) is 0 Å². The second kappa shape index (κ2) is 9.93. The maximum Gasteiger partial charge on any atom is 0.271 e. The fraction of sp³-hybridized carbons (Fsp3) is 0.381. The summed E-state index contributed by atoms with van der Waals surface area (Å²) in [6, 6.07) is 9.42. The Morgan fingerprint density at radius 1 is 1.10 bits per heavy atom. The van der Waals surface area contributed by atoms with Crippen molar-refractivity contribution < 1.29 is 23.9 Å². The Morgan fingerprint density at radius 3 is 2.30 bits per heavy atom. The third-order valence-electron chi connectivity index (χ3n) is 4.56. The lowest BCUT2D eigenvalue weighted by Crippen LogP contribution is -2.36. The Kier molecular flexibility index (Phi) is 7.08. The molecule has 0 unspecified atom stereocenters. The van der Waals surface area contributed by atoms with Gasteiger partial charge in [0.2, 0.25) is 0 Å². The van der Waals surface area contributed by atoms with E-state index in [0.717, 1.165) is 0 Å². The minimum absolute atomic E-state index is 0.0357. The summed E-state index contributed by atoms with van der Waals surface area (Å²) in [4.78, 5) is 25.7. The summed E-state index contributed by atoms with van der Waals surface area (Å²) in [7, 11) is 0. The number of morpholine rings is 1. The number of carbonyl (C=O) groups is 1. The maximum absolute atomic E-state index is 13.0. The van der Waals surface area contributed by atoms with Gasteiger partial charge in [0.05, 0.1) is 42.7 Å². The van der Waals surface area contributed by atoms with Crippen molar-refractivity contribution in [2.75, 3.05) is 49.7 Å². The van der Waals surface area contributed by atoms with E-state index in [0.29, 0.717) is 68.0 Å². The zero-order chi connectivity index (χ0) is 21.5. The molecule has 0 atom stereocenters. The van der Waals surface area contributed by atoms with Gasteiger partial charge < -0.3 is 24.4 Å². The summed E-state index contributed by atoms with van der Waals surface area (Å²) < 4.78 is 16.4. The molecule has 1 heterocycles. The van der Waals surface area contributed by atoms with Gasteiger partial charge in [0.15, 0.2) is 0 Å². The number of non-ortho nitro benzene ring substituents is 1. The normalized spacial score (nSPS) is 13.6. The fourth-order valence-electron chi connectivity index (χ4n) is 3.20. The van der Waals surface area contributed by atoms with Crippen molar-refractivity contribution in [2.45, 2.75) is 13.8 Å². The molecule has 0 radical (unpaired) electrons. The highest BCUT2D eigenvalue weighted by atomic mass is 16.6. The van der Waals surface area contributed by atoms with Crippen molar-refractivity contribution in [1.82, 2.24) is 0 Å². The third kappa shape index (κ3) is 5.18. The number of hydrogen-bond donors (Lipinski definition) is 1. The average molecular weight is 415 g/mol. The molecule has 0 aromatic heterocycles. The molecule has 1 amide bonds. The van der Waals surface area contributed by atoms with E-state index in [9.17, 15) is 14.9 Å². The minimum Gasteiger partial charge on any atom is -0.494 e. The highest BCUT2D eigenvalue weighted by Gasteiger charge is 2.20. The van der Waals surface area contributed by atoms with Gasteiger partial charge in [-0.15, -0.1) is 0 Å². The summed E-state index contributed by atoms with van der Waals surface area (Å²) in [5.74, 6) is 0.706. The molecule has 2 aromatic carbocycles. The lowest BCUT2D eigenvalue weighted by Gasteiger charge is -2.30. The zero-order valence-corrected chi connectivity index (χ0v) is 17.1. The van der Waals surface area contributed by atoms with Crippen LogP contribution in [0.2, 0.25) is 0 Å². The van der Waals surface area contributed by atoms with Gasteiger partial charge in [-0.25, -0.2) is 0 Å². The first kappa shape index (κ1) is 21.4. The van der Waals surface area contributed by atoms with Gasteiger partial charge in [0, 0.05) is 36.9 Å². The van der Waals surface area contributed by atoms with Crippen molar-refractivity contribution in [3.63, 3.8) is 0 Å². The molecule has 3 rings (SSSR count).